The maximum Gasteiger partial charge on any atom is 0.573 e. The van der Waals surface area contributed by atoms with Gasteiger partial charge in [-0.15, -0.1) is 29.0 Å². The molecular weight excluding hydrogens is 569 g/mol. The van der Waals surface area contributed by atoms with E-state index in [-0.39, 0.29) is 40.6 Å². The quantitative estimate of drug-likeness (QED) is 0.210. The van der Waals surface area contributed by atoms with Gasteiger partial charge in [0.25, 0.3) is 5.89 Å². The molecule has 0 radical (unpaired) electrons. The number of benzene rings is 2. The molecule has 0 bridgehead atoms. The Labute approximate surface area is 234 Å². The van der Waals surface area contributed by atoms with Crippen molar-refractivity contribution in [1.82, 2.24) is 29.6 Å². The van der Waals surface area contributed by atoms with Gasteiger partial charge in [-0.25, -0.2) is 14.4 Å². The highest BCUT2D eigenvalue weighted by Crippen LogP contribution is 2.45. The average molecular weight is 597 g/mol. The molecule has 0 fully saturated rings. The van der Waals surface area contributed by atoms with Crippen molar-refractivity contribution >= 4 is 16.7 Å². The monoisotopic (exact) mass is 596 g/mol. The number of nitrogens with zero attached hydrogens (tertiary/aromatic N) is 5. The van der Waals surface area contributed by atoms with Crippen LogP contribution in [0.4, 0.5) is 13.2 Å². The standard InChI is InChI=1S/C25H27F3N6O6S/c1-14(2)20(24(35)38-4)33-41(36,37)19-7-5-6-16(12-19)13-34-15(3)29-22(31-34)23-30-21(32-40-23)17-8-10-18(11-9-17)39-25(26,27)28/h5-12,14,20,33,36-37H,13H2,1-4H3/t20-/m0/s1. The van der Waals surface area contributed by atoms with Gasteiger partial charge in [-0.1, -0.05) is 31.1 Å². The fourth-order valence-corrected chi connectivity index (χ4v) is 5.16. The molecule has 2 aromatic heterocycles. The van der Waals surface area contributed by atoms with Crippen LogP contribution in [-0.4, -0.2) is 59.5 Å². The minimum absolute atomic E-state index is 0.00728. The first-order valence-corrected chi connectivity index (χ1v) is 13.6. The molecule has 41 heavy (non-hydrogen) atoms. The highest BCUT2D eigenvalue weighted by atomic mass is 32.3. The van der Waals surface area contributed by atoms with Crippen molar-refractivity contribution in [3.63, 3.8) is 0 Å². The van der Waals surface area contributed by atoms with E-state index in [1.807, 2.05) is 0 Å². The summed E-state index contributed by atoms with van der Waals surface area (Å²) in [7, 11) is -2.32. The number of carbonyl (C=O) groups excluding carboxylic acids is 1. The summed E-state index contributed by atoms with van der Waals surface area (Å²) in [5.41, 5.74) is 1.05. The molecular formula is C25H27F3N6O6S. The van der Waals surface area contributed by atoms with Gasteiger partial charge in [0.2, 0.25) is 11.6 Å². The van der Waals surface area contributed by atoms with E-state index in [0.29, 0.717) is 17.0 Å². The molecule has 12 nitrogen and oxygen atoms in total. The number of esters is 1. The Balaban J connectivity index is 1.50. The largest absolute Gasteiger partial charge is 0.573 e. The van der Waals surface area contributed by atoms with Gasteiger partial charge in [0, 0.05) is 5.56 Å². The average Bonchev–Trinajstić information content (AvgIpc) is 3.54. The van der Waals surface area contributed by atoms with Crippen LogP contribution in [0.3, 0.4) is 0 Å². The van der Waals surface area contributed by atoms with E-state index in [1.54, 1.807) is 43.7 Å². The van der Waals surface area contributed by atoms with Gasteiger partial charge in [-0.3, -0.25) is 13.9 Å². The van der Waals surface area contributed by atoms with Crippen molar-refractivity contribution in [2.75, 3.05) is 7.11 Å². The molecule has 0 aliphatic heterocycles. The van der Waals surface area contributed by atoms with E-state index in [4.69, 9.17) is 9.26 Å². The van der Waals surface area contributed by atoms with Crippen LogP contribution in [-0.2, 0) is 16.1 Å². The molecule has 0 aliphatic rings. The van der Waals surface area contributed by atoms with Crippen LogP contribution >= 0.6 is 10.8 Å². The smallest absolute Gasteiger partial charge is 0.468 e. The molecule has 16 heteroatoms. The van der Waals surface area contributed by atoms with E-state index in [9.17, 15) is 27.1 Å². The topological polar surface area (TPSA) is 158 Å². The Morgan fingerprint density at radius 1 is 1.12 bits per heavy atom. The number of alkyl halides is 3. The predicted molar refractivity (Wildman–Crippen MR) is 141 cm³/mol. The number of hydrogen-bond donors (Lipinski definition) is 3. The van der Waals surface area contributed by atoms with Gasteiger partial charge >= 0.3 is 12.3 Å². The Bertz CT molecular complexity index is 1510. The second-order valence-corrected chi connectivity index (χ2v) is 11.0. The van der Waals surface area contributed by atoms with Crippen LogP contribution in [0.5, 0.6) is 5.75 Å². The molecule has 0 spiro atoms. The second-order valence-electron chi connectivity index (χ2n) is 9.19. The molecule has 2 aromatic carbocycles. The minimum Gasteiger partial charge on any atom is -0.468 e. The van der Waals surface area contributed by atoms with Gasteiger partial charge in [0.15, 0.2) is 0 Å². The van der Waals surface area contributed by atoms with Crippen LogP contribution in [0.15, 0.2) is 57.9 Å². The summed E-state index contributed by atoms with van der Waals surface area (Å²) < 4.78 is 76.9. The van der Waals surface area contributed by atoms with Gasteiger partial charge < -0.3 is 14.0 Å². The number of hydrogen-bond acceptors (Lipinski definition) is 11. The summed E-state index contributed by atoms with van der Waals surface area (Å²) in [5.74, 6) is -0.533. The van der Waals surface area contributed by atoms with E-state index in [2.05, 4.69) is 29.7 Å². The van der Waals surface area contributed by atoms with Crippen molar-refractivity contribution in [3.05, 3.63) is 59.9 Å². The summed E-state index contributed by atoms with van der Waals surface area (Å²) >= 11 is 0. The zero-order chi connectivity index (χ0) is 29.9. The highest BCUT2D eigenvalue weighted by molar-refractivity contribution is 8.22. The normalized spacial score (nSPS) is 13.3. The predicted octanol–water partition coefficient (Wildman–Crippen LogP) is 5.06. The molecule has 0 saturated carbocycles. The zero-order valence-corrected chi connectivity index (χ0v) is 23.1. The number of ether oxygens (including phenoxy) is 2. The maximum atomic E-state index is 12.4. The van der Waals surface area contributed by atoms with Crippen molar-refractivity contribution in [2.24, 2.45) is 5.92 Å². The van der Waals surface area contributed by atoms with Crippen molar-refractivity contribution in [1.29, 1.82) is 0 Å². The minimum atomic E-state index is -4.80. The lowest BCUT2D eigenvalue weighted by atomic mass is 10.1. The van der Waals surface area contributed by atoms with Gasteiger partial charge in [-0.05, 0) is 54.8 Å². The Morgan fingerprint density at radius 3 is 2.46 bits per heavy atom. The molecule has 4 aromatic rings. The number of aryl methyl sites for hydroxylation is 1. The molecule has 1 atom stereocenters. The third-order valence-corrected chi connectivity index (χ3v) is 7.29. The Kier molecular flexibility index (Phi) is 8.67. The summed E-state index contributed by atoms with van der Waals surface area (Å²) in [6.45, 7) is 5.41. The van der Waals surface area contributed by atoms with Crippen LogP contribution in [0.2, 0.25) is 0 Å². The Morgan fingerprint density at radius 2 is 1.83 bits per heavy atom. The highest BCUT2D eigenvalue weighted by Gasteiger charge is 2.31. The van der Waals surface area contributed by atoms with Gasteiger partial charge in [-0.2, -0.15) is 4.98 Å². The second kappa shape index (κ2) is 11.9. The first-order chi connectivity index (χ1) is 19.3. The molecule has 2 heterocycles. The molecule has 220 valence electrons. The lowest BCUT2D eigenvalue weighted by Gasteiger charge is -2.37. The SMILES string of the molecule is COC(=O)[C@@H](NS(O)(O)c1cccc(Cn2nc(-c3nc(-c4ccc(OC(F)(F)F)cc4)no3)nc2C)c1)C(C)C. The van der Waals surface area contributed by atoms with E-state index in [1.165, 1.54) is 25.3 Å². The van der Waals surface area contributed by atoms with Crippen LogP contribution in [0.25, 0.3) is 23.1 Å². The molecule has 0 saturated heterocycles. The number of methoxy groups -OCH3 is 1. The third-order valence-electron chi connectivity index (χ3n) is 5.79. The van der Waals surface area contributed by atoms with E-state index < -0.39 is 29.1 Å². The lowest BCUT2D eigenvalue weighted by molar-refractivity contribution is -0.274. The summed E-state index contributed by atoms with van der Waals surface area (Å²) in [6.07, 6.45) is -4.80. The van der Waals surface area contributed by atoms with Crippen LogP contribution in [0, 0.1) is 12.8 Å². The van der Waals surface area contributed by atoms with Gasteiger partial charge in [0.1, 0.15) is 17.6 Å². The first-order valence-electron chi connectivity index (χ1n) is 12.1. The Hall–Kier alpha value is -3.99. The van der Waals surface area contributed by atoms with Crippen LogP contribution < -0.4 is 9.46 Å². The maximum absolute atomic E-state index is 12.4. The summed E-state index contributed by atoms with van der Waals surface area (Å²) in [4.78, 5) is 20.9. The van der Waals surface area contributed by atoms with Crippen molar-refractivity contribution < 1.29 is 41.1 Å². The fraction of sp³-hybridized carbons (Fsp3) is 0.320. The molecule has 0 aliphatic carbocycles. The number of aromatic nitrogens is 5. The zero-order valence-electron chi connectivity index (χ0n) is 22.3. The lowest BCUT2D eigenvalue weighted by Crippen LogP contribution is -2.43. The summed E-state index contributed by atoms with van der Waals surface area (Å²) in [5, 5.41) is 8.26. The fourth-order valence-electron chi connectivity index (χ4n) is 3.72. The number of carbonyl (C=O) groups is 1. The van der Waals surface area contributed by atoms with Crippen molar-refractivity contribution in [3.8, 4) is 28.9 Å². The first kappa shape index (κ1) is 30.0. The molecule has 3 N–H and O–H groups in total. The van der Waals surface area contributed by atoms with E-state index in [0.717, 1.165) is 12.1 Å². The molecule has 0 amide bonds. The van der Waals surface area contributed by atoms with Crippen molar-refractivity contribution in [2.45, 2.75) is 44.6 Å². The number of halogens is 3. The number of rotatable bonds is 10. The van der Waals surface area contributed by atoms with Gasteiger partial charge in [0.05, 0.1) is 18.6 Å². The van der Waals surface area contributed by atoms with E-state index >= 15 is 0 Å². The summed E-state index contributed by atoms with van der Waals surface area (Å²) in [6, 6.07) is 10.6. The van der Waals surface area contributed by atoms with Crippen LogP contribution in [0.1, 0.15) is 25.2 Å². The molecule has 0 unspecified atom stereocenters. The molecule has 4 rings (SSSR count). The third kappa shape index (κ3) is 7.40. The number of nitrogens with one attached hydrogen (secondary N) is 1.